The number of nitrogens with zero attached hydrogens (tertiary/aromatic N) is 3. The quantitative estimate of drug-likeness (QED) is 0.00799. The van der Waals surface area contributed by atoms with Crippen molar-refractivity contribution in [3.8, 4) is 39.9 Å². The van der Waals surface area contributed by atoms with Crippen LogP contribution in [0.25, 0.3) is 42.9 Å². The number of fused-ring (bicyclic) bond motifs is 4. The number of carbonyl (C=O) groups is 3. The van der Waals surface area contributed by atoms with Crippen molar-refractivity contribution in [2.75, 3.05) is 58.3 Å². The third-order valence-electron chi connectivity index (χ3n) is 14.6. The number of aromatic nitrogens is 1. The Balaban J connectivity index is 1.01. The zero-order valence-corrected chi connectivity index (χ0v) is 48.3. The van der Waals surface area contributed by atoms with E-state index in [4.69, 9.17) is 48.0 Å². The lowest BCUT2D eigenvalue weighted by Crippen LogP contribution is -2.45. The van der Waals surface area contributed by atoms with Crippen molar-refractivity contribution in [1.82, 2.24) is 4.98 Å². The number of thiazole rings is 1. The Morgan fingerprint density at radius 2 is 1.49 bits per heavy atom. The lowest BCUT2D eigenvalue weighted by atomic mass is 9.84. The monoisotopic (exact) mass is 1180 g/mol. The number of carbonyl (C=O) groups excluding carboxylic acids is 3. The van der Waals surface area contributed by atoms with Gasteiger partial charge in [-0.1, -0.05) is 110 Å². The second-order valence-corrected chi connectivity index (χ2v) is 21.5. The highest BCUT2D eigenvalue weighted by Crippen LogP contribution is 2.44. The van der Waals surface area contributed by atoms with Crippen LogP contribution in [-0.4, -0.2) is 82.4 Å². The number of ether oxygens (including phenoxy) is 8. The summed E-state index contributed by atoms with van der Waals surface area (Å²) in [6, 6.07) is 31.0. The van der Waals surface area contributed by atoms with Crippen molar-refractivity contribution in [3.05, 3.63) is 162 Å². The van der Waals surface area contributed by atoms with Gasteiger partial charge in [-0.25, -0.2) is 28.4 Å². The summed E-state index contributed by atoms with van der Waals surface area (Å²) < 4.78 is 111. The van der Waals surface area contributed by atoms with Crippen LogP contribution in [0, 0.1) is 17.0 Å². The van der Waals surface area contributed by atoms with Gasteiger partial charge in [-0.3, -0.25) is 4.79 Å². The Morgan fingerprint density at radius 1 is 0.776 bits per heavy atom. The van der Waals surface area contributed by atoms with E-state index in [9.17, 15) is 14.4 Å². The van der Waals surface area contributed by atoms with Gasteiger partial charge in [0.25, 0.3) is 0 Å². The van der Waals surface area contributed by atoms with E-state index in [1.165, 1.54) is 80.1 Å². The first-order chi connectivity index (χ1) is 41.2. The number of hydrogen-bond donors (Lipinski definition) is 0. The van der Waals surface area contributed by atoms with Crippen LogP contribution in [-0.2, 0) is 29.9 Å². The highest BCUT2D eigenvalue weighted by atomic mass is 32.1. The van der Waals surface area contributed by atoms with E-state index in [1.807, 2.05) is 36.4 Å². The van der Waals surface area contributed by atoms with Gasteiger partial charge in [0.1, 0.15) is 22.8 Å². The zero-order chi connectivity index (χ0) is 59.9. The summed E-state index contributed by atoms with van der Waals surface area (Å²) in [7, 11) is 1.45. The maximum absolute atomic E-state index is 16.7. The molecule has 8 aromatic rings. The first kappa shape index (κ1) is 61.2. The molecule has 0 atom stereocenters. The fourth-order valence-corrected chi connectivity index (χ4v) is 10.8. The molecule has 444 valence electrons. The Bertz CT molecular complexity index is 3700. The average Bonchev–Trinajstić information content (AvgIpc) is 2.21. The zero-order valence-electron chi connectivity index (χ0n) is 47.5. The van der Waals surface area contributed by atoms with Crippen LogP contribution in [0.4, 0.5) is 22.7 Å². The standard InChI is InChI=1S/C66H65F4N3O11S/c1-5-58(75)81-36-18-8-7-15-33-73(64-72-54-31-25-44-19-11-12-20-50(44)62(54)85-64)71-39-47-38-56(84-66(69,70)53-30-29-49(59(67)60(53)68)45-23-27-48(28-24-45)82-43(3)74)51-21-13-14-22-52(51)61(47)83-63(76)46-26-32-55(57(37-46)77-4)80-35-17-10-9-16-34-78-40-65(6-2)41-79-42-65/h5,11-14,19-32,37-39H,1,6-10,15-18,33-36,40-42H2,2-4H3/b71-39+. The number of halogens is 4. The highest BCUT2D eigenvalue weighted by molar-refractivity contribution is 7.23. The van der Waals surface area contributed by atoms with Crippen LogP contribution >= 0.6 is 11.3 Å². The van der Waals surface area contributed by atoms with E-state index in [2.05, 4.69) is 13.5 Å². The molecule has 14 nitrogen and oxygen atoms in total. The van der Waals surface area contributed by atoms with Gasteiger partial charge in [0.2, 0.25) is 5.13 Å². The molecule has 0 radical (unpaired) electrons. The molecule has 1 aliphatic heterocycles. The van der Waals surface area contributed by atoms with E-state index in [1.54, 1.807) is 29.3 Å². The van der Waals surface area contributed by atoms with E-state index in [-0.39, 0.29) is 62.3 Å². The van der Waals surface area contributed by atoms with Crippen molar-refractivity contribution < 1.29 is 69.8 Å². The first-order valence-electron chi connectivity index (χ1n) is 28.2. The summed E-state index contributed by atoms with van der Waals surface area (Å²) in [5.74, 6) is -5.09. The van der Waals surface area contributed by atoms with Crippen molar-refractivity contribution in [2.45, 2.75) is 77.7 Å². The van der Waals surface area contributed by atoms with Crippen LogP contribution < -0.4 is 28.7 Å². The Labute approximate surface area is 493 Å². The summed E-state index contributed by atoms with van der Waals surface area (Å²) in [5, 5.41) is 9.25. The molecule has 1 saturated heterocycles. The summed E-state index contributed by atoms with van der Waals surface area (Å²) >= 11 is 1.41. The topological polar surface area (TPSA) is 154 Å². The average molecular weight is 1180 g/mol. The summed E-state index contributed by atoms with van der Waals surface area (Å²) in [5.41, 5.74) is -0.648. The number of anilines is 1. The number of rotatable bonds is 30. The van der Waals surface area contributed by atoms with Gasteiger partial charge in [-0.2, -0.15) is 13.9 Å². The van der Waals surface area contributed by atoms with E-state index in [0.29, 0.717) is 56.5 Å². The molecule has 2 heterocycles. The molecule has 1 aliphatic rings. The lowest BCUT2D eigenvalue weighted by Gasteiger charge is -2.40. The normalized spacial score (nSPS) is 13.0. The largest absolute Gasteiger partial charge is 0.493 e. The van der Waals surface area contributed by atoms with Gasteiger partial charge < -0.3 is 37.9 Å². The van der Waals surface area contributed by atoms with E-state index < -0.39 is 47.0 Å². The molecule has 7 aromatic carbocycles. The third kappa shape index (κ3) is 15.1. The smallest absolute Gasteiger partial charge is 0.429 e. The molecule has 0 aliphatic carbocycles. The van der Waals surface area contributed by atoms with Crippen LogP contribution in [0.2, 0.25) is 0 Å². The molecule has 19 heteroatoms. The van der Waals surface area contributed by atoms with E-state index >= 15 is 17.6 Å². The Hall–Kier alpha value is -8.39. The molecule has 0 bridgehead atoms. The minimum atomic E-state index is -4.49. The highest BCUT2D eigenvalue weighted by Gasteiger charge is 2.41. The van der Waals surface area contributed by atoms with Crippen molar-refractivity contribution >= 4 is 72.4 Å². The second kappa shape index (κ2) is 28.5. The third-order valence-corrected chi connectivity index (χ3v) is 15.7. The second-order valence-electron chi connectivity index (χ2n) is 20.6. The van der Waals surface area contributed by atoms with Crippen LogP contribution in [0.3, 0.4) is 0 Å². The fourth-order valence-electron chi connectivity index (χ4n) is 9.70. The van der Waals surface area contributed by atoms with Crippen molar-refractivity contribution in [2.24, 2.45) is 10.5 Å². The van der Waals surface area contributed by atoms with E-state index in [0.717, 1.165) is 90.9 Å². The molecular formula is C66H65F4N3O11S. The minimum Gasteiger partial charge on any atom is -0.493 e. The molecule has 0 amide bonds. The number of hydrogen-bond acceptors (Lipinski definition) is 15. The van der Waals surface area contributed by atoms with Gasteiger partial charge in [0.05, 0.1) is 62.1 Å². The first-order valence-corrected chi connectivity index (χ1v) is 29.0. The van der Waals surface area contributed by atoms with Gasteiger partial charge in [-0.15, -0.1) is 0 Å². The summed E-state index contributed by atoms with van der Waals surface area (Å²) in [6.45, 7) is 10.6. The molecule has 0 spiro atoms. The number of benzene rings is 7. The molecule has 0 saturated carbocycles. The van der Waals surface area contributed by atoms with Crippen molar-refractivity contribution in [3.63, 3.8) is 0 Å². The van der Waals surface area contributed by atoms with Gasteiger partial charge in [0, 0.05) is 58.9 Å². The summed E-state index contributed by atoms with van der Waals surface area (Å²) in [4.78, 5) is 42.5. The molecule has 1 aromatic heterocycles. The molecule has 9 rings (SSSR count). The van der Waals surface area contributed by atoms with Crippen LogP contribution in [0.15, 0.2) is 139 Å². The summed E-state index contributed by atoms with van der Waals surface area (Å²) in [6.07, 6.45) is 5.22. The number of hydrazone groups is 1. The minimum absolute atomic E-state index is 0.00559. The number of methoxy groups -OCH3 is 1. The predicted octanol–water partition coefficient (Wildman–Crippen LogP) is 15.3. The molecular weight excluding hydrogens is 1120 g/mol. The van der Waals surface area contributed by atoms with Gasteiger partial charge in [-0.05, 0) is 104 Å². The predicted molar refractivity (Wildman–Crippen MR) is 320 cm³/mol. The number of esters is 3. The van der Waals surface area contributed by atoms with Crippen molar-refractivity contribution in [1.29, 1.82) is 0 Å². The van der Waals surface area contributed by atoms with Crippen LogP contribution in [0.1, 0.15) is 93.1 Å². The molecule has 1 fully saturated rings. The maximum Gasteiger partial charge on any atom is 0.429 e. The Kier molecular flexibility index (Phi) is 20.5. The number of unbranched alkanes of at least 4 members (excludes halogenated alkanes) is 6. The molecule has 0 N–H and O–H groups in total. The van der Waals surface area contributed by atoms with Gasteiger partial charge in [0.15, 0.2) is 23.1 Å². The molecule has 0 unspecified atom stereocenters. The fraction of sp³-hybridized carbons (Fsp3) is 0.318. The van der Waals surface area contributed by atoms with Gasteiger partial charge >= 0.3 is 24.0 Å². The Morgan fingerprint density at radius 3 is 2.21 bits per heavy atom. The number of alkyl halides is 2. The maximum atomic E-state index is 16.7. The lowest BCUT2D eigenvalue weighted by molar-refractivity contribution is -0.187. The van der Waals surface area contributed by atoms with Crippen LogP contribution in [0.5, 0.6) is 28.7 Å². The molecule has 85 heavy (non-hydrogen) atoms. The SMILES string of the molecule is C=CC(=O)OCCCCCCN(/N=C/c1cc(OC(F)(F)c2ccc(-c3ccc(OC(C)=O)cc3)c(F)c2F)c2ccccc2c1OC(=O)c1ccc(OCCCCCCOCC2(CC)COC2)c(OC)c1)c1nc2ccc3ccccc3c2s1.